The topological polar surface area (TPSA) is 44.7 Å². The predicted molar refractivity (Wildman–Crippen MR) is 52.4 cm³/mol. The number of benzene rings is 1. The van der Waals surface area contributed by atoms with Crippen LogP contribution in [0.2, 0.25) is 0 Å². The number of methoxy groups -OCH3 is 2. The van der Waals surface area contributed by atoms with Crippen LogP contribution in [-0.4, -0.2) is 14.2 Å². The lowest BCUT2D eigenvalue weighted by atomic mass is 10.3. The summed E-state index contributed by atoms with van der Waals surface area (Å²) in [5.74, 6) is 1.17. The molecule has 5 heteroatoms. The Kier molecular flexibility index (Phi) is 2.17. The van der Waals surface area contributed by atoms with Crippen molar-refractivity contribution < 1.29 is 18.3 Å². The van der Waals surface area contributed by atoms with Crippen LogP contribution in [-0.2, 0) is 0 Å². The van der Waals surface area contributed by atoms with Crippen molar-refractivity contribution in [1.82, 2.24) is 0 Å². The highest BCUT2D eigenvalue weighted by Crippen LogP contribution is 2.32. The summed E-state index contributed by atoms with van der Waals surface area (Å²) in [5.41, 5.74) is 1.02. The first-order valence-electron chi connectivity index (χ1n) is 3.90. The molecule has 2 rings (SSSR count). The molecular weight excluding hydrogens is 204 g/mol. The lowest BCUT2D eigenvalue weighted by molar-refractivity contribution is 0.391. The van der Waals surface area contributed by atoms with E-state index in [4.69, 9.17) is 30.5 Å². The maximum Gasteiger partial charge on any atom is 0.363 e. The van der Waals surface area contributed by atoms with Crippen molar-refractivity contribution in [2.45, 2.75) is 0 Å². The Bertz CT molecular complexity index is 511. The van der Waals surface area contributed by atoms with Crippen LogP contribution in [0.25, 0.3) is 11.2 Å². The van der Waals surface area contributed by atoms with E-state index in [0.717, 1.165) is 0 Å². The van der Waals surface area contributed by atoms with Crippen molar-refractivity contribution in [3.8, 4) is 11.5 Å². The van der Waals surface area contributed by atoms with Gasteiger partial charge in [0.2, 0.25) is 5.58 Å². The molecule has 0 atom stereocenters. The summed E-state index contributed by atoms with van der Waals surface area (Å²) in [7, 11) is 3.11. The largest absolute Gasteiger partial charge is 0.496 e. The molecule has 0 amide bonds. The van der Waals surface area contributed by atoms with E-state index in [9.17, 15) is 0 Å². The zero-order chi connectivity index (χ0) is 10.1. The second kappa shape index (κ2) is 3.34. The van der Waals surface area contributed by atoms with Gasteiger partial charge in [0.1, 0.15) is 5.75 Å². The second-order valence-electron chi connectivity index (χ2n) is 2.61. The van der Waals surface area contributed by atoms with Gasteiger partial charge < -0.3 is 18.3 Å². The van der Waals surface area contributed by atoms with Gasteiger partial charge in [-0.25, -0.2) is 0 Å². The maximum atomic E-state index is 5.16. The first kappa shape index (κ1) is 9.08. The minimum atomic E-state index is 0.0755. The van der Waals surface area contributed by atoms with Crippen molar-refractivity contribution in [1.29, 1.82) is 0 Å². The van der Waals surface area contributed by atoms with Gasteiger partial charge in [-0.3, -0.25) is 0 Å². The van der Waals surface area contributed by atoms with Gasteiger partial charge in [0.25, 0.3) is 0 Å². The van der Waals surface area contributed by atoms with Gasteiger partial charge in [-0.2, -0.15) is 0 Å². The minimum Gasteiger partial charge on any atom is -0.496 e. The highest BCUT2D eigenvalue weighted by atomic mass is 32.1. The van der Waals surface area contributed by atoms with E-state index < -0.39 is 0 Å². The Labute approximate surface area is 85.0 Å². The maximum absolute atomic E-state index is 5.16. The molecule has 0 saturated heterocycles. The quantitative estimate of drug-likeness (QED) is 0.716. The van der Waals surface area contributed by atoms with Crippen LogP contribution >= 0.6 is 12.2 Å². The van der Waals surface area contributed by atoms with Crippen molar-refractivity contribution >= 4 is 23.4 Å². The average Bonchev–Trinajstić information content (AvgIpc) is 2.56. The fourth-order valence-electron chi connectivity index (χ4n) is 1.19. The van der Waals surface area contributed by atoms with Crippen LogP contribution in [0, 0.1) is 4.90 Å². The molecule has 14 heavy (non-hydrogen) atoms. The molecule has 0 bridgehead atoms. The SMILES string of the molecule is COc1cc(OC)c2oc(=S)oc2c1. The van der Waals surface area contributed by atoms with Gasteiger partial charge >= 0.3 is 4.90 Å². The van der Waals surface area contributed by atoms with E-state index in [-0.39, 0.29) is 4.90 Å². The van der Waals surface area contributed by atoms with E-state index >= 15 is 0 Å². The lowest BCUT2D eigenvalue weighted by Crippen LogP contribution is -1.86. The monoisotopic (exact) mass is 212 g/mol. The van der Waals surface area contributed by atoms with E-state index in [1.54, 1.807) is 26.4 Å². The lowest BCUT2D eigenvalue weighted by Gasteiger charge is -2.02. The Morgan fingerprint density at radius 2 is 1.93 bits per heavy atom. The molecule has 0 unspecified atom stereocenters. The zero-order valence-electron chi connectivity index (χ0n) is 7.70. The molecule has 1 aromatic heterocycles. The first-order valence-corrected chi connectivity index (χ1v) is 4.31. The van der Waals surface area contributed by atoms with Gasteiger partial charge in [-0.15, -0.1) is 0 Å². The number of rotatable bonds is 2. The molecule has 1 aromatic carbocycles. The molecule has 1 heterocycles. The third-order valence-electron chi connectivity index (χ3n) is 1.83. The molecule has 0 aliphatic rings. The molecule has 0 spiro atoms. The summed E-state index contributed by atoms with van der Waals surface area (Å²) in [5, 5.41) is 0. The number of ether oxygens (including phenoxy) is 2. The second-order valence-corrected chi connectivity index (χ2v) is 2.94. The summed E-state index contributed by atoms with van der Waals surface area (Å²) in [4.78, 5) is 0.0755. The van der Waals surface area contributed by atoms with E-state index in [1.807, 2.05) is 0 Å². The minimum absolute atomic E-state index is 0.0755. The molecule has 0 aliphatic heterocycles. The summed E-state index contributed by atoms with van der Waals surface area (Å²) >= 11 is 4.77. The third-order valence-corrected chi connectivity index (χ3v) is 2.00. The van der Waals surface area contributed by atoms with Gasteiger partial charge in [0, 0.05) is 24.4 Å². The van der Waals surface area contributed by atoms with Crippen molar-refractivity contribution in [2.24, 2.45) is 0 Å². The number of hydrogen-bond acceptors (Lipinski definition) is 5. The van der Waals surface area contributed by atoms with E-state index in [1.165, 1.54) is 0 Å². The molecular formula is C9H8O4S. The highest BCUT2D eigenvalue weighted by Gasteiger charge is 2.10. The van der Waals surface area contributed by atoms with Crippen LogP contribution in [0.3, 0.4) is 0 Å². The van der Waals surface area contributed by atoms with E-state index in [2.05, 4.69) is 0 Å². The first-order chi connectivity index (χ1) is 6.74. The Morgan fingerprint density at radius 1 is 1.14 bits per heavy atom. The predicted octanol–water partition coefficient (Wildman–Crippen LogP) is 2.77. The Balaban J connectivity index is 2.79. The van der Waals surface area contributed by atoms with Crippen molar-refractivity contribution in [3.05, 3.63) is 17.0 Å². The summed E-state index contributed by atoms with van der Waals surface area (Å²) in [6, 6.07) is 3.40. The Hall–Kier alpha value is -1.49. The molecule has 0 radical (unpaired) electrons. The molecule has 0 aliphatic carbocycles. The number of hydrogen-bond donors (Lipinski definition) is 0. The van der Waals surface area contributed by atoms with Gasteiger partial charge in [0.05, 0.1) is 14.2 Å². The summed E-state index contributed by atoms with van der Waals surface area (Å²) < 4.78 is 20.5. The van der Waals surface area contributed by atoms with E-state index in [0.29, 0.717) is 22.7 Å². The zero-order valence-corrected chi connectivity index (χ0v) is 8.51. The van der Waals surface area contributed by atoms with Gasteiger partial charge in [-0.1, -0.05) is 0 Å². The molecule has 0 N–H and O–H groups in total. The normalized spacial score (nSPS) is 10.4. The molecule has 74 valence electrons. The van der Waals surface area contributed by atoms with Crippen LogP contribution in [0.5, 0.6) is 11.5 Å². The summed E-state index contributed by atoms with van der Waals surface area (Å²) in [6.45, 7) is 0. The summed E-state index contributed by atoms with van der Waals surface area (Å²) in [6.07, 6.45) is 0. The number of fused-ring (bicyclic) bond motifs is 1. The molecule has 2 aromatic rings. The standard InChI is InChI=1S/C9H8O4S/c1-10-5-3-6(11-2)8-7(4-5)12-9(14)13-8/h3-4H,1-2H3. The Morgan fingerprint density at radius 3 is 2.57 bits per heavy atom. The molecule has 0 fully saturated rings. The van der Waals surface area contributed by atoms with Crippen LogP contribution in [0.1, 0.15) is 0 Å². The average molecular weight is 212 g/mol. The van der Waals surface area contributed by atoms with Crippen molar-refractivity contribution in [3.63, 3.8) is 0 Å². The molecule has 4 nitrogen and oxygen atoms in total. The van der Waals surface area contributed by atoms with Crippen LogP contribution in [0.4, 0.5) is 0 Å². The fourth-order valence-corrected chi connectivity index (χ4v) is 1.37. The van der Waals surface area contributed by atoms with Crippen molar-refractivity contribution in [2.75, 3.05) is 14.2 Å². The smallest absolute Gasteiger partial charge is 0.363 e. The van der Waals surface area contributed by atoms with Crippen LogP contribution < -0.4 is 9.47 Å². The van der Waals surface area contributed by atoms with Gasteiger partial charge in [-0.05, 0) is 0 Å². The van der Waals surface area contributed by atoms with Gasteiger partial charge in [0.15, 0.2) is 11.3 Å². The fraction of sp³-hybridized carbons (Fsp3) is 0.222. The third kappa shape index (κ3) is 1.35. The highest BCUT2D eigenvalue weighted by molar-refractivity contribution is 7.71. The molecule has 0 saturated carbocycles. The van der Waals surface area contributed by atoms with Crippen LogP contribution in [0.15, 0.2) is 21.0 Å².